The van der Waals surface area contributed by atoms with E-state index >= 15 is 0 Å². The van der Waals surface area contributed by atoms with Crippen molar-refractivity contribution in [2.75, 3.05) is 37.4 Å². The van der Waals surface area contributed by atoms with Crippen molar-refractivity contribution in [1.29, 1.82) is 0 Å². The summed E-state index contributed by atoms with van der Waals surface area (Å²) in [6.07, 6.45) is 1.14. The Morgan fingerprint density at radius 2 is 2.00 bits per heavy atom. The molecule has 0 bridgehead atoms. The Balaban J connectivity index is 2.55. The number of hydrogen-bond acceptors (Lipinski definition) is 4. The molecule has 8 heteroatoms. The first-order chi connectivity index (χ1) is 8.20. The van der Waals surface area contributed by atoms with Gasteiger partial charge in [-0.2, -0.15) is 11.8 Å². The second-order valence-corrected chi connectivity index (χ2v) is 8.01. The van der Waals surface area contributed by atoms with Gasteiger partial charge in [-0.05, 0) is 13.8 Å². The lowest BCUT2D eigenvalue weighted by atomic mass is 10.1. The molecule has 0 aromatic heterocycles. The summed E-state index contributed by atoms with van der Waals surface area (Å²) in [7, 11) is -3.23. The van der Waals surface area contributed by atoms with E-state index in [0.29, 0.717) is 12.5 Å². The maximum absolute atomic E-state index is 11.2. The summed E-state index contributed by atoms with van der Waals surface area (Å²) in [5.74, 6) is 2.61. The molecule has 3 N–H and O–H groups in total. The second kappa shape index (κ2) is 6.12. The molecule has 0 aromatic carbocycles. The molecule has 0 spiro atoms. The van der Waals surface area contributed by atoms with Crippen LogP contribution in [-0.4, -0.2) is 62.2 Å². The average molecular weight is 294 g/mol. The lowest BCUT2D eigenvalue weighted by Crippen LogP contribution is -2.47. The number of thioether (sulfide) groups is 1. The van der Waals surface area contributed by atoms with Crippen LogP contribution in [0.25, 0.3) is 0 Å². The van der Waals surface area contributed by atoms with Crippen LogP contribution < -0.4 is 10.5 Å². The zero-order chi connectivity index (χ0) is 13.8. The molecule has 0 amide bonds. The fraction of sp³-hybridized carbons (Fsp3) is 0.900. The Morgan fingerprint density at radius 3 is 2.50 bits per heavy atom. The van der Waals surface area contributed by atoms with Crippen molar-refractivity contribution >= 4 is 27.7 Å². The van der Waals surface area contributed by atoms with Gasteiger partial charge in [0.1, 0.15) is 0 Å². The van der Waals surface area contributed by atoms with Crippen molar-refractivity contribution in [2.24, 2.45) is 10.7 Å². The molecule has 0 aromatic rings. The van der Waals surface area contributed by atoms with E-state index in [1.807, 2.05) is 16.7 Å². The number of nitrogens with zero attached hydrogens (tertiary/aromatic N) is 2. The first-order valence-electron chi connectivity index (χ1n) is 5.81. The monoisotopic (exact) mass is 294 g/mol. The first kappa shape index (κ1) is 15.6. The number of guanidine groups is 1. The molecule has 1 saturated heterocycles. The summed E-state index contributed by atoms with van der Waals surface area (Å²) in [4.78, 5) is 6.32. The third-order valence-corrected chi connectivity index (χ3v) is 4.30. The maximum atomic E-state index is 11.2. The highest BCUT2D eigenvalue weighted by Gasteiger charge is 2.22. The van der Waals surface area contributed by atoms with E-state index < -0.39 is 15.6 Å². The number of aliphatic imine (C=N–C) groups is 1. The molecule has 0 aliphatic carbocycles. The van der Waals surface area contributed by atoms with E-state index in [-0.39, 0.29) is 0 Å². The summed E-state index contributed by atoms with van der Waals surface area (Å²) in [6.45, 7) is 5.71. The van der Waals surface area contributed by atoms with E-state index in [0.717, 1.165) is 30.9 Å². The van der Waals surface area contributed by atoms with E-state index in [1.54, 1.807) is 13.8 Å². The topological polar surface area (TPSA) is 87.8 Å². The molecule has 18 heavy (non-hydrogen) atoms. The van der Waals surface area contributed by atoms with E-state index in [2.05, 4.69) is 9.71 Å². The van der Waals surface area contributed by atoms with E-state index in [1.165, 1.54) is 0 Å². The highest BCUT2D eigenvalue weighted by Crippen LogP contribution is 2.09. The Labute approximate surface area is 113 Å². The fourth-order valence-corrected chi connectivity index (χ4v) is 3.68. The summed E-state index contributed by atoms with van der Waals surface area (Å²) in [5.41, 5.74) is 5.29. The minimum absolute atomic E-state index is 0.329. The van der Waals surface area contributed by atoms with Crippen LogP contribution in [0, 0.1) is 0 Å². The van der Waals surface area contributed by atoms with E-state index in [4.69, 9.17) is 5.73 Å². The minimum Gasteiger partial charge on any atom is -0.370 e. The number of rotatable bonds is 4. The van der Waals surface area contributed by atoms with Crippen LogP contribution in [-0.2, 0) is 10.0 Å². The van der Waals surface area contributed by atoms with Gasteiger partial charge in [-0.25, -0.2) is 13.1 Å². The van der Waals surface area contributed by atoms with Crippen LogP contribution in [0.4, 0.5) is 0 Å². The molecule has 1 rings (SSSR count). The number of hydrogen-bond donors (Lipinski definition) is 2. The molecule has 1 aliphatic rings. The second-order valence-electron chi connectivity index (χ2n) is 5.03. The molecule has 106 valence electrons. The van der Waals surface area contributed by atoms with Crippen molar-refractivity contribution in [1.82, 2.24) is 9.62 Å². The van der Waals surface area contributed by atoms with Gasteiger partial charge < -0.3 is 10.6 Å². The third kappa shape index (κ3) is 5.92. The molecular formula is C10H22N4O2S2. The van der Waals surface area contributed by atoms with Gasteiger partial charge >= 0.3 is 0 Å². The zero-order valence-electron chi connectivity index (χ0n) is 11.1. The molecule has 1 heterocycles. The molecule has 6 nitrogen and oxygen atoms in total. The predicted octanol–water partition coefficient (Wildman–Crippen LogP) is -0.322. The van der Waals surface area contributed by atoms with Gasteiger partial charge in [0, 0.05) is 30.1 Å². The van der Waals surface area contributed by atoms with Crippen LogP contribution in [0.15, 0.2) is 4.99 Å². The van der Waals surface area contributed by atoms with Gasteiger partial charge in [0.2, 0.25) is 10.0 Å². The summed E-state index contributed by atoms with van der Waals surface area (Å²) < 4.78 is 24.9. The molecule has 1 fully saturated rings. The van der Waals surface area contributed by atoms with Gasteiger partial charge in [0.15, 0.2) is 5.96 Å². The van der Waals surface area contributed by atoms with E-state index in [9.17, 15) is 8.42 Å². The molecule has 0 saturated carbocycles. The van der Waals surface area contributed by atoms with Crippen molar-refractivity contribution in [3.05, 3.63) is 0 Å². The Morgan fingerprint density at radius 1 is 1.44 bits per heavy atom. The SMILES string of the molecule is CC(C)(CN=C(N)N1CCSCC1)NS(C)(=O)=O. The van der Waals surface area contributed by atoms with Crippen LogP contribution in [0.1, 0.15) is 13.8 Å². The number of nitrogens with one attached hydrogen (secondary N) is 1. The first-order valence-corrected chi connectivity index (χ1v) is 8.86. The summed E-state index contributed by atoms with van der Waals surface area (Å²) in [6, 6.07) is 0. The van der Waals surface area contributed by atoms with Gasteiger partial charge in [-0.3, -0.25) is 4.99 Å². The molecule has 0 radical (unpaired) electrons. The molecule has 0 unspecified atom stereocenters. The Kier molecular flexibility index (Phi) is 5.30. The van der Waals surface area contributed by atoms with Crippen molar-refractivity contribution in [3.63, 3.8) is 0 Å². The van der Waals surface area contributed by atoms with Gasteiger partial charge in [0.25, 0.3) is 0 Å². The largest absolute Gasteiger partial charge is 0.370 e. The molecule has 1 aliphatic heterocycles. The molecular weight excluding hydrogens is 272 g/mol. The van der Waals surface area contributed by atoms with Gasteiger partial charge in [0.05, 0.1) is 12.8 Å². The standard InChI is InChI=1S/C10H22N4O2S2/c1-10(2,13-18(3,15)16)8-12-9(11)14-4-6-17-7-5-14/h13H,4-8H2,1-3H3,(H2,11,12). The Hall–Kier alpha value is -0.470. The normalized spacial score (nSPS) is 19.1. The summed E-state index contributed by atoms with van der Waals surface area (Å²) >= 11 is 1.90. The Bertz CT molecular complexity index is 400. The molecule has 0 atom stereocenters. The van der Waals surface area contributed by atoms with Crippen LogP contribution in [0.3, 0.4) is 0 Å². The average Bonchev–Trinajstić information content (AvgIpc) is 2.24. The van der Waals surface area contributed by atoms with Crippen molar-refractivity contribution in [3.8, 4) is 0 Å². The van der Waals surface area contributed by atoms with Crippen LogP contribution in [0.5, 0.6) is 0 Å². The quantitative estimate of drug-likeness (QED) is 0.548. The van der Waals surface area contributed by atoms with Gasteiger partial charge in [-0.1, -0.05) is 0 Å². The smallest absolute Gasteiger partial charge is 0.209 e. The summed E-state index contributed by atoms with van der Waals surface area (Å²) in [5, 5.41) is 0. The van der Waals surface area contributed by atoms with Crippen molar-refractivity contribution in [2.45, 2.75) is 19.4 Å². The fourth-order valence-electron chi connectivity index (χ4n) is 1.71. The number of nitrogens with two attached hydrogens (primary N) is 1. The van der Waals surface area contributed by atoms with Crippen molar-refractivity contribution < 1.29 is 8.42 Å². The van der Waals surface area contributed by atoms with Crippen LogP contribution in [0.2, 0.25) is 0 Å². The number of sulfonamides is 1. The highest BCUT2D eigenvalue weighted by atomic mass is 32.2. The third-order valence-electron chi connectivity index (χ3n) is 2.43. The van der Waals surface area contributed by atoms with Crippen LogP contribution >= 0.6 is 11.8 Å². The lowest BCUT2D eigenvalue weighted by molar-refractivity contribution is 0.438. The lowest BCUT2D eigenvalue weighted by Gasteiger charge is -2.28. The maximum Gasteiger partial charge on any atom is 0.209 e. The zero-order valence-corrected chi connectivity index (χ0v) is 12.8. The minimum atomic E-state index is -3.23. The predicted molar refractivity (Wildman–Crippen MR) is 77.4 cm³/mol. The van der Waals surface area contributed by atoms with Gasteiger partial charge in [-0.15, -0.1) is 0 Å². The highest BCUT2D eigenvalue weighted by molar-refractivity contribution is 7.99.